The minimum atomic E-state index is -3.32. The molecule has 0 saturated carbocycles. The first-order chi connectivity index (χ1) is 11.2. The van der Waals surface area contributed by atoms with E-state index in [2.05, 4.69) is 0 Å². The fraction of sp³-hybridized carbons (Fsp3) is 0.235. The van der Waals surface area contributed by atoms with E-state index in [4.69, 9.17) is 4.74 Å². The van der Waals surface area contributed by atoms with Crippen LogP contribution in [-0.4, -0.2) is 41.8 Å². The van der Waals surface area contributed by atoms with Gasteiger partial charge in [-0.15, -0.1) is 0 Å². The lowest BCUT2D eigenvalue weighted by Gasteiger charge is -2.20. The number of carbonyl (C=O) groups excluding carboxylic acids is 1. The van der Waals surface area contributed by atoms with E-state index >= 15 is 0 Å². The lowest BCUT2D eigenvalue weighted by molar-refractivity contribution is 0.0992. The van der Waals surface area contributed by atoms with Crippen molar-refractivity contribution in [1.29, 1.82) is 0 Å². The lowest BCUT2D eigenvalue weighted by Crippen LogP contribution is -2.27. The molecular weight excluding hydrogens is 328 g/mol. The Bertz CT molecular complexity index is 832. The Kier molecular flexibility index (Phi) is 5.14. The van der Waals surface area contributed by atoms with E-state index in [9.17, 15) is 13.2 Å². The van der Waals surface area contributed by atoms with Gasteiger partial charge in [-0.1, -0.05) is 6.07 Å². The Morgan fingerprint density at radius 2 is 1.58 bits per heavy atom. The molecule has 2 aromatic rings. The molecule has 0 aromatic heterocycles. The van der Waals surface area contributed by atoms with Crippen LogP contribution in [0.2, 0.25) is 0 Å². The number of amides is 1. The molecule has 0 saturated heterocycles. The molecule has 0 bridgehead atoms. The molecule has 2 rings (SSSR count). The number of carbonyl (C=O) groups is 1. The Hall–Kier alpha value is -2.54. The summed E-state index contributed by atoms with van der Waals surface area (Å²) in [6.45, 7) is 0. The molecule has 0 aliphatic heterocycles. The maximum absolute atomic E-state index is 12.6. The molecule has 6 nitrogen and oxygen atoms in total. The highest BCUT2D eigenvalue weighted by molar-refractivity contribution is 7.92. The fourth-order valence-corrected chi connectivity index (χ4v) is 2.65. The standard InChI is InChI=1S/C17H20N2O4S/c1-18(17(20)13-6-5-7-16(12-13)23-3)14-8-10-15(11-9-14)19(2)24(4,21)22/h5-12H,1-4H3. The van der Waals surface area contributed by atoms with Gasteiger partial charge in [-0.05, 0) is 42.5 Å². The third-order valence-electron chi connectivity index (χ3n) is 3.72. The summed E-state index contributed by atoms with van der Waals surface area (Å²) in [5, 5.41) is 0. The summed E-state index contributed by atoms with van der Waals surface area (Å²) in [6, 6.07) is 13.6. The van der Waals surface area contributed by atoms with Gasteiger partial charge in [0.25, 0.3) is 5.91 Å². The predicted octanol–water partition coefficient (Wildman–Crippen LogP) is 2.37. The van der Waals surface area contributed by atoms with Crippen LogP contribution in [0.4, 0.5) is 11.4 Å². The highest BCUT2D eigenvalue weighted by Crippen LogP contribution is 2.23. The molecule has 2 aromatic carbocycles. The van der Waals surface area contributed by atoms with E-state index < -0.39 is 10.0 Å². The Balaban J connectivity index is 2.23. The van der Waals surface area contributed by atoms with Crippen molar-refractivity contribution in [3.8, 4) is 5.75 Å². The Labute approximate surface area is 142 Å². The zero-order valence-electron chi connectivity index (χ0n) is 14.1. The summed E-state index contributed by atoms with van der Waals surface area (Å²) < 4.78 is 29.4. The van der Waals surface area contributed by atoms with Gasteiger partial charge >= 0.3 is 0 Å². The predicted molar refractivity (Wildman–Crippen MR) is 95.4 cm³/mol. The smallest absolute Gasteiger partial charge is 0.258 e. The molecule has 0 aliphatic carbocycles. The third-order valence-corrected chi connectivity index (χ3v) is 4.93. The van der Waals surface area contributed by atoms with Gasteiger partial charge in [-0.25, -0.2) is 8.42 Å². The van der Waals surface area contributed by atoms with Crippen LogP contribution in [-0.2, 0) is 10.0 Å². The number of hydrogen-bond donors (Lipinski definition) is 0. The Morgan fingerprint density at radius 1 is 1.00 bits per heavy atom. The van der Waals surface area contributed by atoms with Crippen LogP contribution in [0.15, 0.2) is 48.5 Å². The van der Waals surface area contributed by atoms with Crippen LogP contribution in [0.3, 0.4) is 0 Å². The summed E-state index contributed by atoms with van der Waals surface area (Å²) in [6.07, 6.45) is 1.14. The quantitative estimate of drug-likeness (QED) is 0.832. The van der Waals surface area contributed by atoms with E-state index in [-0.39, 0.29) is 5.91 Å². The molecule has 0 spiro atoms. The summed E-state index contributed by atoms with van der Waals surface area (Å²) in [5.74, 6) is 0.428. The van der Waals surface area contributed by atoms with Gasteiger partial charge in [-0.3, -0.25) is 9.10 Å². The fourth-order valence-electron chi connectivity index (χ4n) is 2.14. The molecule has 128 valence electrons. The first-order valence-electron chi connectivity index (χ1n) is 7.20. The molecule has 24 heavy (non-hydrogen) atoms. The van der Waals surface area contributed by atoms with E-state index in [0.29, 0.717) is 22.7 Å². The van der Waals surface area contributed by atoms with Crippen molar-refractivity contribution in [2.24, 2.45) is 0 Å². The topological polar surface area (TPSA) is 66.9 Å². The number of methoxy groups -OCH3 is 1. The second-order valence-electron chi connectivity index (χ2n) is 5.34. The molecule has 1 amide bonds. The number of ether oxygens (including phenoxy) is 1. The van der Waals surface area contributed by atoms with Crippen molar-refractivity contribution < 1.29 is 17.9 Å². The van der Waals surface area contributed by atoms with Crippen molar-refractivity contribution >= 4 is 27.3 Å². The van der Waals surface area contributed by atoms with E-state index in [1.54, 1.807) is 62.7 Å². The molecule has 7 heteroatoms. The average Bonchev–Trinajstić information content (AvgIpc) is 2.59. The maximum atomic E-state index is 12.6. The summed E-state index contributed by atoms with van der Waals surface area (Å²) in [7, 11) is 1.37. The molecule has 0 atom stereocenters. The monoisotopic (exact) mass is 348 g/mol. The van der Waals surface area contributed by atoms with E-state index in [0.717, 1.165) is 6.26 Å². The maximum Gasteiger partial charge on any atom is 0.258 e. The van der Waals surface area contributed by atoms with Crippen LogP contribution < -0.4 is 13.9 Å². The van der Waals surface area contributed by atoms with Crippen LogP contribution >= 0.6 is 0 Å². The van der Waals surface area contributed by atoms with Crippen LogP contribution in [0.5, 0.6) is 5.75 Å². The molecule has 0 aliphatic rings. The summed E-state index contributed by atoms with van der Waals surface area (Å²) in [5.41, 5.74) is 1.70. The zero-order chi connectivity index (χ0) is 17.9. The van der Waals surface area contributed by atoms with Crippen molar-refractivity contribution in [2.75, 3.05) is 36.7 Å². The number of hydrogen-bond acceptors (Lipinski definition) is 4. The average molecular weight is 348 g/mol. The van der Waals surface area contributed by atoms with Gasteiger partial charge in [0.15, 0.2) is 0 Å². The highest BCUT2D eigenvalue weighted by atomic mass is 32.2. The van der Waals surface area contributed by atoms with E-state index in [1.807, 2.05) is 0 Å². The van der Waals surface area contributed by atoms with Crippen molar-refractivity contribution in [3.63, 3.8) is 0 Å². The van der Waals surface area contributed by atoms with Crippen LogP contribution in [0.1, 0.15) is 10.4 Å². The first-order valence-corrected chi connectivity index (χ1v) is 9.05. The zero-order valence-corrected chi connectivity index (χ0v) is 14.9. The van der Waals surface area contributed by atoms with Crippen molar-refractivity contribution in [3.05, 3.63) is 54.1 Å². The summed E-state index contributed by atoms with van der Waals surface area (Å²) >= 11 is 0. The Morgan fingerprint density at radius 3 is 2.12 bits per heavy atom. The molecule has 0 unspecified atom stereocenters. The SMILES string of the molecule is COc1cccc(C(=O)N(C)c2ccc(N(C)S(C)(=O)=O)cc2)c1. The second-order valence-corrected chi connectivity index (χ2v) is 7.36. The van der Waals surface area contributed by atoms with Gasteiger partial charge in [-0.2, -0.15) is 0 Å². The molecule has 0 radical (unpaired) electrons. The van der Waals surface area contributed by atoms with Crippen molar-refractivity contribution in [1.82, 2.24) is 0 Å². The molecular formula is C17H20N2O4S. The number of benzene rings is 2. The first kappa shape index (κ1) is 17.8. The minimum Gasteiger partial charge on any atom is -0.497 e. The van der Waals surface area contributed by atoms with Gasteiger partial charge in [0, 0.05) is 25.3 Å². The van der Waals surface area contributed by atoms with E-state index in [1.165, 1.54) is 16.3 Å². The summed E-state index contributed by atoms with van der Waals surface area (Å²) in [4.78, 5) is 14.1. The normalized spacial score (nSPS) is 11.0. The van der Waals surface area contributed by atoms with Gasteiger partial charge in [0.2, 0.25) is 10.0 Å². The van der Waals surface area contributed by atoms with Gasteiger partial charge in [0.1, 0.15) is 5.75 Å². The van der Waals surface area contributed by atoms with Crippen LogP contribution in [0, 0.1) is 0 Å². The molecule has 0 N–H and O–H groups in total. The number of rotatable bonds is 5. The third kappa shape index (κ3) is 3.86. The number of sulfonamides is 1. The molecule has 0 heterocycles. The second kappa shape index (κ2) is 6.92. The largest absolute Gasteiger partial charge is 0.497 e. The lowest BCUT2D eigenvalue weighted by atomic mass is 10.1. The van der Waals surface area contributed by atoms with Gasteiger partial charge in [0.05, 0.1) is 19.1 Å². The van der Waals surface area contributed by atoms with Gasteiger partial charge < -0.3 is 9.64 Å². The number of anilines is 2. The van der Waals surface area contributed by atoms with Crippen LogP contribution in [0.25, 0.3) is 0 Å². The minimum absolute atomic E-state index is 0.182. The van der Waals surface area contributed by atoms with Crippen molar-refractivity contribution in [2.45, 2.75) is 0 Å². The highest BCUT2D eigenvalue weighted by Gasteiger charge is 2.16. The number of nitrogens with zero attached hydrogens (tertiary/aromatic N) is 2. The molecule has 0 fully saturated rings.